The Hall–Kier alpha value is -0.860. The molecule has 1 aliphatic rings. The van der Waals surface area contributed by atoms with Crippen LogP contribution < -0.4 is 0 Å². The first kappa shape index (κ1) is 14.5. The minimum Gasteiger partial charge on any atom is -0.385 e. The molecule has 1 fully saturated rings. The Morgan fingerprint density at radius 1 is 1.21 bits per heavy atom. The van der Waals surface area contributed by atoms with Gasteiger partial charge in [-0.3, -0.25) is 0 Å². The van der Waals surface area contributed by atoms with E-state index in [1.807, 2.05) is 0 Å². The van der Waals surface area contributed by atoms with E-state index in [9.17, 15) is 5.11 Å². The molecule has 1 unspecified atom stereocenters. The van der Waals surface area contributed by atoms with Crippen molar-refractivity contribution >= 4 is 0 Å². The molecule has 2 rings (SSSR count). The van der Waals surface area contributed by atoms with Gasteiger partial charge in [0.1, 0.15) is 0 Å². The van der Waals surface area contributed by atoms with Crippen molar-refractivity contribution in [2.24, 2.45) is 0 Å². The maximum absolute atomic E-state index is 11.1. The van der Waals surface area contributed by atoms with E-state index >= 15 is 0 Å². The van der Waals surface area contributed by atoms with Gasteiger partial charge in [0, 0.05) is 6.54 Å². The summed E-state index contributed by atoms with van der Waals surface area (Å²) in [6.07, 6.45) is 4.03. The largest absolute Gasteiger partial charge is 0.385 e. The second-order valence-electron chi connectivity index (χ2n) is 6.05. The molecule has 0 amide bonds. The lowest BCUT2D eigenvalue weighted by Gasteiger charge is -2.29. The number of likely N-dealkylation sites (tertiary alicyclic amines) is 1. The van der Waals surface area contributed by atoms with Crippen LogP contribution in [0.15, 0.2) is 18.2 Å². The summed E-state index contributed by atoms with van der Waals surface area (Å²) in [7, 11) is 0. The lowest BCUT2D eigenvalue weighted by atomic mass is 9.84. The van der Waals surface area contributed by atoms with E-state index in [1.54, 1.807) is 0 Å². The third kappa shape index (κ3) is 3.37. The smallest absolute Gasteiger partial charge is 0.0911 e. The van der Waals surface area contributed by atoms with E-state index in [0.717, 1.165) is 44.5 Å². The quantitative estimate of drug-likeness (QED) is 0.901. The highest BCUT2D eigenvalue weighted by atomic mass is 16.3. The highest BCUT2D eigenvalue weighted by Crippen LogP contribution is 2.35. The zero-order valence-electron chi connectivity index (χ0n) is 12.6. The lowest BCUT2D eigenvalue weighted by molar-refractivity contribution is 0.0206. The Morgan fingerprint density at radius 2 is 2.00 bits per heavy atom. The molecule has 0 bridgehead atoms. The molecule has 0 aromatic heterocycles. The van der Waals surface area contributed by atoms with Crippen molar-refractivity contribution in [2.45, 2.75) is 52.1 Å². The third-order valence-corrected chi connectivity index (χ3v) is 4.33. The fraction of sp³-hybridized carbons (Fsp3) is 0.647. The van der Waals surface area contributed by atoms with Gasteiger partial charge in [-0.25, -0.2) is 0 Å². The number of aryl methyl sites for hydroxylation is 2. The normalized spacial score (nSPS) is 25.3. The van der Waals surface area contributed by atoms with Gasteiger partial charge in [0.05, 0.1) is 5.60 Å². The van der Waals surface area contributed by atoms with Crippen LogP contribution in [0, 0.1) is 13.8 Å². The number of hydrogen-bond donors (Lipinski definition) is 1. The Labute approximate surface area is 117 Å². The Bertz CT molecular complexity index is 429. The molecule has 0 aliphatic carbocycles. The van der Waals surface area contributed by atoms with E-state index in [2.05, 4.69) is 43.9 Å². The molecule has 0 saturated carbocycles. The van der Waals surface area contributed by atoms with Crippen molar-refractivity contribution in [2.75, 3.05) is 19.6 Å². The summed E-state index contributed by atoms with van der Waals surface area (Å²) in [5.41, 5.74) is 3.01. The summed E-state index contributed by atoms with van der Waals surface area (Å²) in [6.45, 7) is 9.74. The number of nitrogens with zero attached hydrogens (tertiary/aromatic N) is 1. The van der Waals surface area contributed by atoms with Crippen LogP contribution in [0.1, 0.15) is 49.3 Å². The van der Waals surface area contributed by atoms with Crippen molar-refractivity contribution in [1.82, 2.24) is 4.90 Å². The standard InChI is InChI=1S/C17H27NO/c1-4-10-18-11-5-8-17(19,9-12-18)16-7-6-14(2)13-15(16)3/h6-7,13,19H,4-5,8-12H2,1-3H3. The Kier molecular flexibility index (Phi) is 4.64. The summed E-state index contributed by atoms with van der Waals surface area (Å²) in [5, 5.41) is 11.1. The molecule has 1 heterocycles. The van der Waals surface area contributed by atoms with E-state index in [0.29, 0.717) is 0 Å². The summed E-state index contributed by atoms with van der Waals surface area (Å²) < 4.78 is 0. The molecule has 1 aromatic carbocycles. The second-order valence-corrected chi connectivity index (χ2v) is 6.05. The monoisotopic (exact) mass is 261 g/mol. The maximum Gasteiger partial charge on any atom is 0.0911 e. The third-order valence-electron chi connectivity index (χ3n) is 4.33. The van der Waals surface area contributed by atoms with Crippen molar-refractivity contribution in [3.05, 3.63) is 34.9 Å². The van der Waals surface area contributed by atoms with Crippen LogP contribution in [0.3, 0.4) is 0 Å². The van der Waals surface area contributed by atoms with Crippen molar-refractivity contribution < 1.29 is 5.11 Å². The van der Waals surface area contributed by atoms with Gasteiger partial charge < -0.3 is 10.0 Å². The molecule has 1 aromatic rings. The first-order valence-electron chi connectivity index (χ1n) is 7.57. The van der Waals surface area contributed by atoms with Crippen molar-refractivity contribution in [1.29, 1.82) is 0 Å². The van der Waals surface area contributed by atoms with Crippen LogP contribution in [-0.4, -0.2) is 29.6 Å². The van der Waals surface area contributed by atoms with Gasteiger partial charge in [0.25, 0.3) is 0 Å². The topological polar surface area (TPSA) is 23.5 Å². The first-order valence-corrected chi connectivity index (χ1v) is 7.57. The zero-order valence-corrected chi connectivity index (χ0v) is 12.6. The van der Waals surface area contributed by atoms with Gasteiger partial charge in [-0.2, -0.15) is 0 Å². The van der Waals surface area contributed by atoms with Gasteiger partial charge in [-0.15, -0.1) is 0 Å². The Morgan fingerprint density at radius 3 is 2.68 bits per heavy atom. The number of hydrogen-bond acceptors (Lipinski definition) is 2. The molecule has 1 N–H and O–H groups in total. The molecule has 1 aliphatic heterocycles. The van der Waals surface area contributed by atoms with Crippen LogP contribution >= 0.6 is 0 Å². The number of rotatable bonds is 3. The van der Waals surface area contributed by atoms with Crippen LogP contribution in [-0.2, 0) is 5.60 Å². The van der Waals surface area contributed by atoms with Crippen molar-refractivity contribution in [3.8, 4) is 0 Å². The molecule has 1 atom stereocenters. The molecule has 1 saturated heterocycles. The molecule has 106 valence electrons. The highest BCUT2D eigenvalue weighted by molar-refractivity contribution is 5.35. The van der Waals surface area contributed by atoms with Gasteiger partial charge in [0.2, 0.25) is 0 Å². The van der Waals surface area contributed by atoms with Gasteiger partial charge in [-0.1, -0.05) is 30.7 Å². The predicted molar refractivity (Wildman–Crippen MR) is 80.4 cm³/mol. The first-order chi connectivity index (χ1) is 9.05. The van der Waals surface area contributed by atoms with Crippen LogP contribution in [0.5, 0.6) is 0 Å². The molecule has 19 heavy (non-hydrogen) atoms. The summed E-state index contributed by atoms with van der Waals surface area (Å²) in [4.78, 5) is 2.49. The van der Waals surface area contributed by atoms with Crippen LogP contribution in [0.25, 0.3) is 0 Å². The molecule has 2 nitrogen and oxygen atoms in total. The van der Waals surface area contributed by atoms with Gasteiger partial charge >= 0.3 is 0 Å². The van der Waals surface area contributed by atoms with E-state index in [-0.39, 0.29) is 0 Å². The fourth-order valence-electron chi connectivity index (χ4n) is 3.32. The van der Waals surface area contributed by atoms with E-state index < -0.39 is 5.60 Å². The van der Waals surface area contributed by atoms with Gasteiger partial charge in [-0.05, 0) is 63.7 Å². The average Bonchev–Trinajstić information content (AvgIpc) is 2.53. The number of benzene rings is 1. The molecule has 0 radical (unpaired) electrons. The summed E-state index contributed by atoms with van der Waals surface area (Å²) in [6, 6.07) is 6.43. The predicted octanol–water partition coefficient (Wildman–Crippen LogP) is 3.39. The van der Waals surface area contributed by atoms with Gasteiger partial charge in [0.15, 0.2) is 0 Å². The summed E-state index contributed by atoms with van der Waals surface area (Å²) >= 11 is 0. The highest BCUT2D eigenvalue weighted by Gasteiger charge is 2.32. The second kappa shape index (κ2) is 6.06. The molecular formula is C17H27NO. The molecular weight excluding hydrogens is 234 g/mol. The molecule has 0 spiro atoms. The van der Waals surface area contributed by atoms with Crippen LogP contribution in [0.2, 0.25) is 0 Å². The zero-order chi connectivity index (χ0) is 13.9. The number of aliphatic hydroxyl groups is 1. The average molecular weight is 261 g/mol. The van der Waals surface area contributed by atoms with E-state index in [4.69, 9.17) is 0 Å². The SMILES string of the molecule is CCCN1CCCC(O)(c2ccc(C)cc2C)CC1. The maximum atomic E-state index is 11.1. The minimum absolute atomic E-state index is 0.625. The van der Waals surface area contributed by atoms with Crippen LogP contribution in [0.4, 0.5) is 0 Å². The molecule has 2 heteroatoms. The lowest BCUT2D eigenvalue weighted by Crippen LogP contribution is -2.30. The minimum atomic E-state index is -0.625. The Balaban J connectivity index is 2.17. The summed E-state index contributed by atoms with van der Waals surface area (Å²) in [5.74, 6) is 0. The fourth-order valence-corrected chi connectivity index (χ4v) is 3.32. The van der Waals surface area contributed by atoms with Crippen molar-refractivity contribution in [3.63, 3.8) is 0 Å². The van der Waals surface area contributed by atoms with E-state index in [1.165, 1.54) is 17.5 Å².